The molecular weight excluding hydrogens is 282 g/mol. The number of halogens is 1. The first-order valence-electron chi connectivity index (χ1n) is 8.02. The van der Waals surface area contributed by atoms with Gasteiger partial charge in [0.25, 0.3) is 0 Å². The van der Waals surface area contributed by atoms with Crippen LogP contribution in [0.1, 0.15) is 20.3 Å². The third-order valence-electron chi connectivity index (χ3n) is 4.22. The van der Waals surface area contributed by atoms with Crippen molar-refractivity contribution in [1.82, 2.24) is 4.90 Å². The number of rotatable bonds is 6. The third kappa shape index (κ3) is 4.87. The molecule has 118 valence electrons. The van der Waals surface area contributed by atoms with Crippen LogP contribution in [-0.4, -0.2) is 44.2 Å². The topological polar surface area (TPSA) is 32.5 Å². The minimum absolute atomic E-state index is 0.622. The van der Waals surface area contributed by atoms with E-state index in [2.05, 4.69) is 35.8 Å². The number of hydrogen-bond donors (Lipinski definition) is 1. The molecule has 1 saturated heterocycles. The quantitative estimate of drug-likeness (QED) is 0.876. The Balaban J connectivity index is 1.84. The fourth-order valence-electron chi connectivity index (χ4n) is 3.16. The summed E-state index contributed by atoms with van der Waals surface area (Å²) in [6.07, 6.45) is 1.22. The van der Waals surface area contributed by atoms with Gasteiger partial charge in [0.05, 0.1) is 10.7 Å². The minimum Gasteiger partial charge on any atom is -0.368 e. The second-order valence-electron chi connectivity index (χ2n) is 6.47. The molecule has 0 aromatic heterocycles. The summed E-state index contributed by atoms with van der Waals surface area (Å²) in [6.45, 7) is 10.8. The molecule has 1 fully saturated rings. The van der Waals surface area contributed by atoms with Gasteiger partial charge in [-0.15, -0.1) is 0 Å². The van der Waals surface area contributed by atoms with Gasteiger partial charge in [0.1, 0.15) is 0 Å². The molecule has 0 spiro atoms. The number of benzene rings is 1. The van der Waals surface area contributed by atoms with E-state index in [1.807, 2.05) is 12.1 Å². The fraction of sp³-hybridized carbons (Fsp3) is 0.647. The van der Waals surface area contributed by atoms with E-state index in [4.69, 9.17) is 17.3 Å². The van der Waals surface area contributed by atoms with Crippen molar-refractivity contribution >= 4 is 17.3 Å². The molecule has 1 unspecified atom stereocenters. The zero-order valence-corrected chi connectivity index (χ0v) is 14.0. The fourth-order valence-corrected chi connectivity index (χ4v) is 3.41. The van der Waals surface area contributed by atoms with Crippen molar-refractivity contribution in [2.75, 3.05) is 44.2 Å². The lowest BCUT2D eigenvalue weighted by Crippen LogP contribution is -2.48. The highest BCUT2D eigenvalue weighted by Crippen LogP contribution is 2.26. The van der Waals surface area contributed by atoms with Gasteiger partial charge in [-0.25, -0.2) is 0 Å². The summed E-state index contributed by atoms with van der Waals surface area (Å²) in [5, 5.41) is 0.852. The third-order valence-corrected chi connectivity index (χ3v) is 4.54. The van der Waals surface area contributed by atoms with Crippen LogP contribution in [0.2, 0.25) is 5.02 Å². The zero-order valence-electron chi connectivity index (χ0n) is 13.3. The van der Waals surface area contributed by atoms with Crippen molar-refractivity contribution in [3.8, 4) is 0 Å². The summed E-state index contributed by atoms with van der Waals surface area (Å²) < 4.78 is 0. The number of nitrogens with zero attached hydrogens (tertiary/aromatic N) is 2. The molecule has 21 heavy (non-hydrogen) atoms. The molecule has 0 amide bonds. The van der Waals surface area contributed by atoms with E-state index in [1.54, 1.807) is 0 Å². The molecule has 0 saturated carbocycles. The van der Waals surface area contributed by atoms with E-state index in [1.165, 1.54) is 6.42 Å². The summed E-state index contributed by atoms with van der Waals surface area (Å²) >= 11 is 6.29. The van der Waals surface area contributed by atoms with Gasteiger partial charge in [-0.2, -0.15) is 0 Å². The van der Waals surface area contributed by atoms with Crippen LogP contribution in [0.3, 0.4) is 0 Å². The monoisotopic (exact) mass is 309 g/mol. The Bertz CT molecular complexity index is 428. The second-order valence-corrected chi connectivity index (χ2v) is 6.88. The molecule has 3 nitrogen and oxygen atoms in total. The Hall–Kier alpha value is -0.770. The van der Waals surface area contributed by atoms with Gasteiger partial charge in [0, 0.05) is 32.7 Å². The van der Waals surface area contributed by atoms with Crippen molar-refractivity contribution < 1.29 is 0 Å². The summed E-state index contributed by atoms with van der Waals surface area (Å²) in [4.78, 5) is 4.94. The van der Waals surface area contributed by atoms with Crippen LogP contribution in [0.5, 0.6) is 0 Å². The molecule has 2 rings (SSSR count). The smallest absolute Gasteiger partial charge is 0.0639 e. The average molecular weight is 310 g/mol. The molecule has 0 aliphatic carbocycles. The molecule has 1 heterocycles. The number of anilines is 1. The molecule has 0 radical (unpaired) electrons. The number of para-hydroxylation sites is 1. The Morgan fingerprint density at radius 3 is 2.38 bits per heavy atom. The van der Waals surface area contributed by atoms with Gasteiger partial charge in [-0.05, 0) is 36.9 Å². The Morgan fingerprint density at radius 2 is 1.81 bits per heavy atom. The first-order chi connectivity index (χ1) is 10.1. The Morgan fingerprint density at radius 1 is 1.14 bits per heavy atom. The van der Waals surface area contributed by atoms with Gasteiger partial charge >= 0.3 is 0 Å². The second kappa shape index (κ2) is 8.02. The van der Waals surface area contributed by atoms with Gasteiger partial charge in [-0.3, -0.25) is 4.90 Å². The first-order valence-corrected chi connectivity index (χ1v) is 8.39. The normalized spacial score (nSPS) is 18.2. The van der Waals surface area contributed by atoms with E-state index < -0.39 is 0 Å². The van der Waals surface area contributed by atoms with E-state index in [0.29, 0.717) is 5.92 Å². The Labute approximate surface area is 134 Å². The van der Waals surface area contributed by atoms with Crippen molar-refractivity contribution in [3.63, 3.8) is 0 Å². The molecule has 2 N–H and O–H groups in total. The lowest BCUT2D eigenvalue weighted by Gasteiger charge is -2.38. The molecule has 1 aromatic carbocycles. The number of nitrogens with two attached hydrogens (primary N) is 1. The van der Waals surface area contributed by atoms with Crippen LogP contribution in [0.25, 0.3) is 0 Å². The predicted octanol–water partition coefficient (Wildman–Crippen LogP) is 3.08. The van der Waals surface area contributed by atoms with Gasteiger partial charge in [-0.1, -0.05) is 37.6 Å². The standard InChI is InChI=1S/C17H28ClN3/c1-14(2)11-15(12-19)13-20-7-9-21(10-8-20)17-6-4-3-5-16(17)18/h3-6,14-15H,7-13,19H2,1-2H3. The summed E-state index contributed by atoms with van der Waals surface area (Å²) in [7, 11) is 0. The van der Waals surface area contributed by atoms with Crippen LogP contribution < -0.4 is 10.6 Å². The SMILES string of the molecule is CC(C)CC(CN)CN1CCN(c2ccccc2Cl)CC1. The predicted molar refractivity (Wildman–Crippen MR) is 92.1 cm³/mol. The maximum absolute atomic E-state index is 6.29. The molecule has 0 bridgehead atoms. The molecule has 1 aliphatic heterocycles. The molecule has 4 heteroatoms. The van der Waals surface area contributed by atoms with E-state index in [0.717, 1.165) is 55.9 Å². The largest absolute Gasteiger partial charge is 0.368 e. The highest BCUT2D eigenvalue weighted by molar-refractivity contribution is 6.33. The highest BCUT2D eigenvalue weighted by atomic mass is 35.5. The molecule has 1 atom stereocenters. The van der Waals surface area contributed by atoms with E-state index in [9.17, 15) is 0 Å². The molecule has 1 aliphatic rings. The van der Waals surface area contributed by atoms with Gasteiger partial charge in [0.2, 0.25) is 0 Å². The minimum atomic E-state index is 0.622. The van der Waals surface area contributed by atoms with Crippen LogP contribution in [-0.2, 0) is 0 Å². The van der Waals surface area contributed by atoms with Crippen molar-refractivity contribution in [2.45, 2.75) is 20.3 Å². The highest BCUT2D eigenvalue weighted by Gasteiger charge is 2.21. The lowest BCUT2D eigenvalue weighted by atomic mass is 9.96. The van der Waals surface area contributed by atoms with Crippen LogP contribution >= 0.6 is 11.6 Å². The summed E-state index contributed by atoms with van der Waals surface area (Å²) in [5.41, 5.74) is 7.09. The molecular formula is C17H28ClN3. The summed E-state index contributed by atoms with van der Waals surface area (Å²) in [6, 6.07) is 8.12. The maximum atomic E-state index is 6.29. The average Bonchev–Trinajstić information content (AvgIpc) is 2.47. The Kier molecular flexibility index (Phi) is 6.34. The first kappa shape index (κ1) is 16.6. The zero-order chi connectivity index (χ0) is 15.2. The van der Waals surface area contributed by atoms with Crippen LogP contribution in [0.4, 0.5) is 5.69 Å². The van der Waals surface area contributed by atoms with Crippen LogP contribution in [0, 0.1) is 11.8 Å². The maximum Gasteiger partial charge on any atom is 0.0639 e. The number of piperazine rings is 1. The van der Waals surface area contributed by atoms with E-state index >= 15 is 0 Å². The van der Waals surface area contributed by atoms with E-state index in [-0.39, 0.29) is 0 Å². The van der Waals surface area contributed by atoms with Crippen LogP contribution in [0.15, 0.2) is 24.3 Å². The van der Waals surface area contributed by atoms with Gasteiger partial charge < -0.3 is 10.6 Å². The van der Waals surface area contributed by atoms with Crippen molar-refractivity contribution in [1.29, 1.82) is 0 Å². The van der Waals surface area contributed by atoms with Gasteiger partial charge in [0.15, 0.2) is 0 Å². The molecule has 1 aromatic rings. The lowest BCUT2D eigenvalue weighted by molar-refractivity contribution is 0.207. The summed E-state index contributed by atoms with van der Waals surface area (Å²) in [5.74, 6) is 1.35. The number of hydrogen-bond acceptors (Lipinski definition) is 3. The van der Waals surface area contributed by atoms with Crippen molar-refractivity contribution in [2.24, 2.45) is 17.6 Å². The van der Waals surface area contributed by atoms with Crippen molar-refractivity contribution in [3.05, 3.63) is 29.3 Å².